The zero-order valence-corrected chi connectivity index (χ0v) is 5.17. The maximum atomic E-state index is 10.3. The lowest BCUT2D eigenvalue weighted by Gasteiger charge is -1.94. The first-order valence-electron chi connectivity index (χ1n) is 2.81. The fraction of sp³-hybridized carbons (Fsp3) is 0.800. The van der Waals surface area contributed by atoms with Crippen molar-refractivity contribution >= 4 is 5.97 Å². The van der Waals surface area contributed by atoms with Crippen LogP contribution in [0.25, 0.3) is 0 Å². The Morgan fingerprint density at radius 1 is 1.56 bits per heavy atom. The summed E-state index contributed by atoms with van der Waals surface area (Å²) in [6.45, 7) is 0.109. The van der Waals surface area contributed by atoms with Crippen molar-refractivity contribution in [1.29, 1.82) is 0 Å². The van der Waals surface area contributed by atoms with Gasteiger partial charge in [0, 0.05) is 13.0 Å². The highest BCUT2D eigenvalue weighted by atomic mass is 16.7. The fourth-order valence-electron chi connectivity index (χ4n) is 0.440. The van der Waals surface area contributed by atoms with Gasteiger partial charge in [0.25, 0.3) is 0 Å². The van der Waals surface area contributed by atoms with Crippen LogP contribution in [0.15, 0.2) is 0 Å². The number of hydrogen-bond acceptors (Lipinski definition) is 4. The smallest absolute Gasteiger partial charge is 0.324 e. The first-order valence-corrected chi connectivity index (χ1v) is 2.81. The van der Waals surface area contributed by atoms with Crippen LogP contribution >= 0.6 is 0 Å². The Kier molecular flexibility index (Phi) is 5.15. The van der Waals surface area contributed by atoms with Crippen molar-refractivity contribution in [2.24, 2.45) is 5.90 Å². The number of rotatable bonds is 4. The van der Waals surface area contributed by atoms with Crippen molar-refractivity contribution in [3.63, 3.8) is 0 Å². The second-order valence-corrected chi connectivity index (χ2v) is 1.67. The molecule has 0 saturated heterocycles. The van der Waals surface area contributed by atoms with Gasteiger partial charge in [-0.2, -0.15) is 5.90 Å². The standard InChI is InChI=1S/C5H11NO3/c6-9-5(8)3-1-2-4-7/h7H,1-4,6H2. The van der Waals surface area contributed by atoms with E-state index in [4.69, 9.17) is 5.11 Å². The van der Waals surface area contributed by atoms with Crippen LogP contribution in [-0.2, 0) is 9.63 Å². The Morgan fingerprint density at radius 2 is 2.22 bits per heavy atom. The van der Waals surface area contributed by atoms with Gasteiger partial charge in [0.2, 0.25) is 0 Å². The lowest BCUT2D eigenvalue weighted by Crippen LogP contribution is -2.09. The number of carbonyl (C=O) groups excluding carboxylic acids is 1. The summed E-state index contributed by atoms with van der Waals surface area (Å²) in [6.07, 6.45) is 1.54. The van der Waals surface area contributed by atoms with Crippen molar-refractivity contribution in [2.45, 2.75) is 19.3 Å². The van der Waals surface area contributed by atoms with Crippen LogP contribution < -0.4 is 5.90 Å². The van der Waals surface area contributed by atoms with E-state index in [1.54, 1.807) is 0 Å². The van der Waals surface area contributed by atoms with Crippen LogP contribution in [0.2, 0.25) is 0 Å². The molecule has 0 amide bonds. The predicted molar refractivity (Wildman–Crippen MR) is 31.2 cm³/mol. The van der Waals surface area contributed by atoms with Crippen LogP contribution in [0.4, 0.5) is 0 Å². The predicted octanol–water partition coefficient (Wildman–Crippen LogP) is -0.434. The Labute approximate surface area is 53.6 Å². The van der Waals surface area contributed by atoms with Crippen LogP contribution in [0, 0.1) is 0 Å². The van der Waals surface area contributed by atoms with Crippen molar-refractivity contribution < 1.29 is 14.7 Å². The van der Waals surface area contributed by atoms with Crippen LogP contribution in [0.3, 0.4) is 0 Å². The molecule has 54 valence electrons. The van der Waals surface area contributed by atoms with Crippen molar-refractivity contribution in [3.05, 3.63) is 0 Å². The number of carbonyl (C=O) groups is 1. The lowest BCUT2D eigenvalue weighted by molar-refractivity contribution is -0.144. The summed E-state index contributed by atoms with van der Waals surface area (Å²) >= 11 is 0. The molecule has 0 rings (SSSR count). The number of hydrogen-bond donors (Lipinski definition) is 2. The van der Waals surface area contributed by atoms with E-state index in [1.807, 2.05) is 0 Å². The molecule has 0 unspecified atom stereocenters. The van der Waals surface area contributed by atoms with E-state index in [9.17, 15) is 4.79 Å². The highest BCUT2D eigenvalue weighted by molar-refractivity contribution is 5.68. The summed E-state index contributed by atoms with van der Waals surface area (Å²) in [5.74, 6) is 4.11. The van der Waals surface area contributed by atoms with E-state index in [2.05, 4.69) is 10.7 Å². The van der Waals surface area contributed by atoms with E-state index in [1.165, 1.54) is 0 Å². The molecule has 0 aliphatic heterocycles. The summed E-state index contributed by atoms with van der Waals surface area (Å²) in [4.78, 5) is 14.1. The van der Waals surface area contributed by atoms with Gasteiger partial charge in [0.05, 0.1) is 0 Å². The average molecular weight is 133 g/mol. The zero-order chi connectivity index (χ0) is 7.11. The number of aliphatic hydroxyl groups excluding tert-OH is 1. The van der Waals surface area contributed by atoms with Crippen molar-refractivity contribution in [3.8, 4) is 0 Å². The highest BCUT2D eigenvalue weighted by Crippen LogP contribution is 1.93. The SMILES string of the molecule is NOC(=O)CCCCO. The molecule has 3 N–H and O–H groups in total. The number of nitrogens with two attached hydrogens (primary N) is 1. The average Bonchev–Trinajstić information content (AvgIpc) is 1.89. The molecule has 0 fully saturated rings. The molecule has 0 radical (unpaired) electrons. The molecule has 0 aromatic heterocycles. The lowest BCUT2D eigenvalue weighted by atomic mass is 10.2. The molecular formula is C5H11NO3. The van der Waals surface area contributed by atoms with Gasteiger partial charge < -0.3 is 9.94 Å². The maximum absolute atomic E-state index is 10.3. The van der Waals surface area contributed by atoms with Crippen molar-refractivity contribution in [2.75, 3.05) is 6.61 Å². The van der Waals surface area contributed by atoms with Gasteiger partial charge in [-0.1, -0.05) is 0 Å². The maximum Gasteiger partial charge on any atom is 0.324 e. The van der Waals surface area contributed by atoms with E-state index >= 15 is 0 Å². The summed E-state index contributed by atoms with van der Waals surface area (Å²) in [5.41, 5.74) is 0. The molecule has 0 saturated carbocycles. The number of unbranched alkanes of at least 4 members (excludes halogenated alkanes) is 1. The third-order valence-electron chi connectivity index (χ3n) is 0.920. The van der Waals surface area contributed by atoms with Crippen molar-refractivity contribution in [1.82, 2.24) is 0 Å². The molecule has 0 aliphatic carbocycles. The minimum absolute atomic E-state index is 0.109. The van der Waals surface area contributed by atoms with Gasteiger partial charge in [-0.05, 0) is 12.8 Å². The zero-order valence-electron chi connectivity index (χ0n) is 5.17. The molecule has 4 nitrogen and oxygen atoms in total. The second kappa shape index (κ2) is 5.53. The largest absolute Gasteiger partial charge is 0.396 e. The Morgan fingerprint density at radius 3 is 2.67 bits per heavy atom. The minimum atomic E-state index is -0.427. The Balaban J connectivity index is 2.97. The van der Waals surface area contributed by atoms with Gasteiger partial charge in [-0.25, -0.2) is 0 Å². The van der Waals surface area contributed by atoms with E-state index in [0.717, 1.165) is 0 Å². The monoisotopic (exact) mass is 133 g/mol. The van der Waals surface area contributed by atoms with Gasteiger partial charge in [0.1, 0.15) is 0 Å². The summed E-state index contributed by atoms with van der Waals surface area (Å²) in [5, 5.41) is 8.27. The summed E-state index contributed by atoms with van der Waals surface area (Å²) in [6, 6.07) is 0. The van der Waals surface area contributed by atoms with Gasteiger partial charge in [0.15, 0.2) is 0 Å². The highest BCUT2D eigenvalue weighted by Gasteiger charge is 1.97. The quantitative estimate of drug-likeness (QED) is 0.403. The molecule has 0 aromatic carbocycles. The number of aliphatic hydroxyl groups is 1. The van der Waals surface area contributed by atoms with Gasteiger partial charge in [-0.3, -0.25) is 4.79 Å². The van der Waals surface area contributed by atoms with Crippen LogP contribution in [0.1, 0.15) is 19.3 Å². The van der Waals surface area contributed by atoms with Crippen LogP contribution in [0.5, 0.6) is 0 Å². The summed E-state index contributed by atoms with van der Waals surface area (Å²) in [7, 11) is 0. The summed E-state index contributed by atoms with van der Waals surface area (Å²) < 4.78 is 0. The Bertz CT molecular complexity index is 84.3. The first-order chi connectivity index (χ1) is 4.31. The van der Waals surface area contributed by atoms with E-state index in [-0.39, 0.29) is 13.0 Å². The molecule has 4 heteroatoms. The van der Waals surface area contributed by atoms with E-state index in [0.29, 0.717) is 12.8 Å². The minimum Gasteiger partial charge on any atom is -0.396 e. The van der Waals surface area contributed by atoms with Gasteiger partial charge >= 0.3 is 5.97 Å². The normalized spacial score (nSPS) is 9.11. The molecule has 0 bridgehead atoms. The second-order valence-electron chi connectivity index (χ2n) is 1.67. The molecule has 0 spiro atoms. The van der Waals surface area contributed by atoms with E-state index < -0.39 is 5.97 Å². The topological polar surface area (TPSA) is 72.5 Å². The molecule has 0 heterocycles. The van der Waals surface area contributed by atoms with Gasteiger partial charge in [-0.15, -0.1) is 0 Å². The third kappa shape index (κ3) is 5.26. The van der Waals surface area contributed by atoms with Crippen LogP contribution in [-0.4, -0.2) is 17.7 Å². The molecule has 0 aromatic rings. The fourth-order valence-corrected chi connectivity index (χ4v) is 0.440. The molecular weight excluding hydrogens is 122 g/mol. The third-order valence-corrected chi connectivity index (χ3v) is 0.920. The molecule has 0 atom stereocenters. The molecule has 0 aliphatic rings. The Hall–Kier alpha value is -0.610. The first kappa shape index (κ1) is 8.39. The molecule has 9 heavy (non-hydrogen) atoms.